The van der Waals surface area contributed by atoms with Gasteiger partial charge in [0.2, 0.25) is 0 Å². The highest BCUT2D eigenvalue weighted by Crippen LogP contribution is 2.51. The Bertz CT molecular complexity index is 518. The summed E-state index contributed by atoms with van der Waals surface area (Å²) in [7, 11) is 0. The second-order valence-electron chi connectivity index (χ2n) is 11.9. The Hall–Kier alpha value is -0.190. The van der Waals surface area contributed by atoms with Gasteiger partial charge in [-0.05, 0) is 63.7 Å². The quantitative estimate of drug-likeness (QED) is 0.598. The van der Waals surface area contributed by atoms with E-state index in [-0.39, 0.29) is 0 Å². The molecule has 0 atom stereocenters. The van der Waals surface area contributed by atoms with Gasteiger partial charge in [-0.25, -0.2) is 4.39 Å². The van der Waals surface area contributed by atoms with Crippen molar-refractivity contribution in [3.8, 4) is 0 Å². The van der Waals surface area contributed by atoms with Crippen molar-refractivity contribution in [2.24, 2.45) is 17.3 Å². The number of piperidine rings is 1. The molecule has 3 aliphatic heterocycles. The Kier molecular flexibility index (Phi) is 5.88. The Morgan fingerprint density at radius 3 is 2.04 bits per heavy atom. The van der Waals surface area contributed by atoms with Gasteiger partial charge in [-0.2, -0.15) is 0 Å². The van der Waals surface area contributed by atoms with Gasteiger partial charge in [0.05, 0.1) is 32.1 Å². The molecule has 0 amide bonds. The van der Waals surface area contributed by atoms with Crippen LogP contribution in [0.15, 0.2) is 0 Å². The standard InChI is InChI=1S/C24H45FN3/c1-20(2)15-23(5-6-23)19-26-9-7-24(25,8-10-26)16-22-17-28(18-22)13-11-27(12-14-28)21(3)4/h20-22H,5-19H2,1-4H3/q+1. The molecule has 0 N–H and O–H groups in total. The van der Waals surface area contributed by atoms with Crippen LogP contribution in [-0.4, -0.2) is 84.9 Å². The van der Waals surface area contributed by atoms with E-state index in [1.165, 1.54) is 69.6 Å². The number of hydrogen-bond donors (Lipinski definition) is 0. The topological polar surface area (TPSA) is 6.48 Å². The molecule has 0 aromatic rings. The number of alkyl halides is 1. The fourth-order valence-electron chi connectivity index (χ4n) is 6.73. The molecule has 4 heteroatoms. The Morgan fingerprint density at radius 1 is 0.929 bits per heavy atom. The molecule has 3 heterocycles. The SMILES string of the molecule is CC(C)CC1(CN2CCC(F)(CC3C[N+]4(CCN(C(C)C)CC4)C3)CC2)CC1. The average molecular weight is 395 g/mol. The van der Waals surface area contributed by atoms with Gasteiger partial charge < -0.3 is 9.38 Å². The van der Waals surface area contributed by atoms with E-state index in [1.807, 2.05) is 0 Å². The van der Waals surface area contributed by atoms with Gasteiger partial charge in [-0.3, -0.25) is 4.90 Å². The molecule has 4 aliphatic rings. The lowest BCUT2D eigenvalue weighted by atomic mass is 9.79. The predicted molar refractivity (Wildman–Crippen MR) is 115 cm³/mol. The Labute approximate surface area is 173 Å². The fourth-order valence-corrected chi connectivity index (χ4v) is 6.73. The van der Waals surface area contributed by atoms with Crippen molar-refractivity contribution in [2.75, 3.05) is 58.9 Å². The Balaban J connectivity index is 1.18. The Morgan fingerprint density at radius 2 is 1.54 bits per heavy atom. The van der Waals surface area contributed by atoms with E-state index in [0.717, 1.165) is 38.3 Å². The van der Waals surface area contributed by atoms with Gasteiger partial charge in [0.1, 0.15) is 5.67 Å². The number of likely N-dealkylation sites (tertiary alicyclic amines) is 1. The van der Waals surface area contributed by atoms with Crippen LogP contribution in [0, 0.1) is 17.3 Å². The van der Waals surface area contributed by atoms with Gasteiger partial charge in [-0.15, -0.1) is 0 Å². The van der Waals surface area contributed by atoms with Crippen molar-refractivity contribution in [3.63, 3.8) is 0 Å². The number of halogens is 1. The predicted octanol–water partition coefficient (Wildman–Crippen LogP) is 4.18. The second-order valence-corrected chi connectivity index (χ2v) is 11.9. The van der Waals surface area contributed by atoms with Crippen LogP contribution in [0.5, 0.6) is 0 Å². The molecule has 0 bridgehead atoms. The minimum atomic E-state index is -0.875. The molecular formula is C24H45FN3+. The molecule has 0 aromatic carbocycles. The number of quaternary nitrogens is 1. The molecule has 4 fully saturated rings. The summed E-state index contributed by atoms with van der Waals surface area (Å²) in [5.74, 6) is 1.43. The zero-order chi connectivity index (χ0) is 20.0. The number of nitrogens with zero attached hydrogens (tertiary/aromatic N) is 3. The molecule has 1 spiro atoms. The van der Waals surface area contributed by atoms with Crippen LogP contribution in [0.25, 0.3) is 0 Å². The van der Waals surface area contributed by atoms with Crippen LogP contribution in [0.4, 0.5) is 4.39 Å². The van der Waals surface area contributed by atoms with Crippen molar-refractivity contribution in [1.29, 1.82) is 0 Å². The summed E-state index contributed by atoms with van der Waals surface area (Å²) >= 11 is 0. The highest BCUT2D eigenvalue weighted by Gasteiger charge is 2.50. The summed E-state index contributed by atoms with van der Waals surface area (Å²) in [4.78, 5) is 5.20. The average Bonchev–Trinajstić information content (AvgIpc) is 3.34. The molecule has 0 aromatic heterocycles. The van der Waals surface area contributed by atoms with E-state index >= 15 is 4.39 Å². The van der Waals surface area contributed by atoms with E-state index in [2.05, 4.69) is 37.5 Å². The van der Waals surface area contributed by atoms with Crippen molar-refractivity contribution >= 4 is 0 Å². The summed E-state index contributed by atoms with van der Waals surface area (Å²) in [6, 6.07) is 0.673. The van der Waals surface area contributed by atoms with Crippen LogP contribution in [0.3, 0.4) is 0 Å². The van der Waals surface area contributed by atoms with Crippen molar-refractivity contribution in [3.05, 3.63) is 0 Å². The minimum absolute atomic E-state index is 0.590. The van der Waals surface area contributed by atoms with Crippen LogP contribution in [0.1, 0.15) is 66.2 Å². The van der Waals surface area contributed by atoms with Gasteiger partial charge in [0, 0.05) is 38.8 Å². The first kappa shape index (κ1) is 21.1. The molecule has 4 rings (SSSR count). The third-order valence-corrected chi connectivity index (χ3v) is 8.51. The smallest absolute Gasteiger partial charge is 0.114 e. The summed E-state index contributed by atoms with van der Waals surface area (Å²) in [5, 5.41) is 0. The van der Waals surface area contributed by atoms with Crippen LogP contribution in [0.2, 0.25) is 0 Å². The molecule has 3 nitrogen and oxygen atoms in total. The summed E-state index contributed by atoms with van der Waals surface area (Å²) < 4.78 is 16.8. The number of hydrogen-bond acceptors (Lipinski definition) is 2. The van der Waals surface area contributed by atoms with E-state index in [1.54, 1.807) is 0 Å². The highest BCUT2D eigenvalue weighted by atomic mass is 19.1. The third kappa shape index (κ3) is 4.75. The maximum Gasteiger partial charge on any atom is 0.114 e. The molecule has 28 heavy (non-hydrogen) atoms. The lowest BCUT2D eigenvalue weighted by Gasteiger charge is -2.55. The van der Waals surface area contributed by atoms with Gasteiger partial charge >= 0.3 is 0 Å². The molecule has 1 saturated carbocycles. The molecule has 1 aliphatic carbocycles. The zero-order valence-electron chi connectivity index (χ0n) is 19.1. The lowest BCUT2D eigenvalue weighted by molar-refractivity contribution is -0.977. The van der Waals surface area contributed by atoms with E-state index in [4.69, 9.17) is 0 Å². The van der Waals surface area contributed by atoms with Crippen molar-refractivity contribution in [2.45, 2.75) is 77.9 Å². The first-order valence-electron chi connectivity index (χ1n) is 12.2. The van der Waals surface area contributed by atoms with Gasteiger partial charge in [0.25, 0.3) is 0 Å². The van der Waals surface area contributed by atoms with Crippen LogP contribution < -0.4 is 0 Å². The molecule has 0 radical (unpaired) electrons. The van der Waals surface area contributed by atoms with Crippen molar-refractivity contribution < 1.29 is 8.87 Å². The summed E-state index contributed by atoms with van der Waals surface area (Å²) in [5.41, 5.74) is -0.284. The minimum Gasteiger partial charge on any atom is -0.321 e. The molecular weight excluding hydrogens is 349 g/mol. The molecule has 0 unspecified atom stereocenters. The van der Waals surface area contributed by atoms with Crippen molar-refractivity contribution in [1.82, 2.24) is 9.80 Å². The molecule has 3 saturated heterocycles. The number of rotatable bonds is 7. The maximum absolute atomic E-state index is 15.6. The van der Waals surface area contributed by atoms with Crippen LogP contribution in [-0.2, 0) is 0 Å². The van der Waals surface area contributed by atoms with Crippen LogP contribution >= 0.6 is 0 Å². The third-order valence-electron chi connectivity index (χ3n) is 8.51. The maximum atomic E-state index is 15.6. The second kappa shape index (κ2) is 7.81. The summed E-state index contributed by atoms with van der Waals surface area (Å²) in [6.07, 6.45) is 6.56. The van der Waals surface area contributed by atoms with E-state index in [9.17, 15) is 0 Å². The zero-order valence-corrected chi connectivity index (χ0v) is 19.1. The number of piperazine rings is 1. The molecule has 162 valence electrons. The van der Waals surface area contributed by atoms with E-state index < -0.39 is 5.67 Å². The lowest BCUT2D eigenvalue weighted by Crippen LogP contribution is -2.70. The monoisotopic (exact) mass is 394 g/mol. The first-order valence-corrected chi connectivity index (χ1v) is 12.2. The first-order chi connectivity index (χ1) is 13.2. The summed E-state index contributed by atoms with van der Waals surface area (Å²) in [6.45, 7) is 20.1. The van der Waals surface area contributed by atoms with E-state index in [0.29, 0.717) is 17.4 Å². The van der Waals surface area contributed by atoms with Gasteiger partial charge in [0.15, 0.2) is 0 Å². The van der Waals surface area contributed by atoms with Gasteiger partial charge in [-0.1, -0.05) is 13.8 Å². The normalized spacial score (nSPS) is 30.1. The highest BCUT2D eigenvalue weighted by molar-refractivity contribution is 4.98. The largest absolute Gasteiger partial charge is 0.321 e. The fraction of sp³-hybridized carbons (Fsp3) is 1.00.